The molecule has 0 aliphatic rings. The van der Waals surface area contributed by atoms with Crippen molar-refractivity contribution in [3.63, 3.8) is 0 Å². The number of hydrogen-bond acceptors (Lipinski definition) is 3. The lowest BCUT2D eigenvalue weighted by atomic mass is 10.4. The monoisotopic (exact) mass is 204 g/mol. The van der Waals surface area contributed by atoms with Crippen LogP contribution in [-0.4, -0.2) is 25.6 Å². The van der Waals surface area contributed by atoms with E-state index in [1.54, 1.807) is 12.4 Å². The Hall–Kier alpha value is -1.91. The Morgan fingerprint density at radius 1 is 1.47 bits per heavy atom. The van der Waals surface area contributed by atoms with E-state index in [0.29, 0.717) is 12.2 Å². The molecule has 2 rings (SSSR count). The lowest BCUT2D eigenvalue weighted by Crippen LogP contribution is -2.08. The number of nitrogens with zero attached hydrogens (tertiary/aromatic N) is 4. The molecule has 78 valence electrons. The molecule has 2 heterocycles. The summed E-state index contributed by atoms with van der Waals surface area (Å²) in [5, 5.41) is 7.85. The Morgan fingerprint density at radius 2 is 2.33 bits per heavy atom. The summed E-state index contributed by atoms with van der Waals surface area (Å²) in [5.74, 6) is 0.858. The average molecular weight is 204 g/mol. The Bertz CT molecular complexity index is 457. The van der Waals surface area contributed by atoms with Gasteiger partial charge in [0.15, 0.2) is 12.1 Å². The quantitative estimate of drug-likeness (QED) is 0.697. The van der Waals surface area contributed by atoms with E-state index in [1.807, 2.05) is 28.3 Å². The van der Waals surface area contributed by atoms with Gasteiger partial charge >= 0.3 is 0 Å². The van der Waals surface area contributed by atoms with Crippen LogP contribution in [0.4, 0.5) is 0 Å². The number of rotatable bonds is 4. The third-order valence-electron chi connectivity index (χ3n) is 2.33. The molecule has 2 aromatic heterocycles. The lowest BCUT2D eigenvalue weighted by Gasteiger charge is -2.05. The first kappa shape index (κ1) is 9.64. The molecule has 0 radical (unpaired) electrons. The number of aldehydes is 1. The molecule has 0 atom stereocenters. The van der Waals surface area contributed by atoms with Crippen LogP contribution in [0.2, 0.25) is 0 Å². The van der Waals surface area contributed by atoms with Crippen molar-refractivity contribution in [2.45, 2.75) is 20.0 Å². The molecular formula is C10H12N4O. The van der Waals surface area contributed by atoms with Gasteiger partial charge in [-0.25, -0.2) is 0 Å². The molecule has 0 unspecified atom stereocenters. The van der Waals surface area contributed by atoms with Crippen molar-refractivity contribution in [1.29, 1.82) is 0 Å². The van der Waals surface area contributed by atoms with Crippen LogP contribution in [0.3, 0.4) is 0 Å². The van der Waals surface area contributed by atoms with Crippen LogP contribution in [0.25, 0.3) is 0 Å². The van der Waals surface area contributed by atoms with E-state index in [9.17, 15) is 4.79 Å². The zero-order valence-electron chi connectivity index (χ0n) is 8.50. The first-order valence-electron chi connectivity index (χ1n) is 4.82. The van der Waals surface area contributed by atoms with Gasteiger partial charge < -0.3 is 9.13 Å². The van der Waals surface area contributed by atoms with Crippen molar-refractivity contribution < 1.29 is 4.79 Å². The van der Waals surface area contributed by atoms with E-state index in [0.717, 1.165) is 18.7 Å². The molecule has 0 aromatic carbocycles. The highest BCUT2D eigenvalue weighted by atomic mass is 16.1. The molecule has 2 aromatic rings. The second-order valence-corrected chi connectivity index (χ2v) is 3.21. The summed E-state index contributed by atoms with van der Waals surface area (Å²) in [6, 6.07) is 3.62. The molecule has 0 N–H and O–H groups in total. The fourth-order valence-electron chi connectivity index (χ4n) is 1.50. The van der Waals surface area contributed by atoms with Crippen LogP contribution >= 0.6 is 0 Å². The summed E-state index contributed by atoms with van der Waals surface area (Å²) in [6.07, 6.45) is 4.39. The minimum absolute atomic E-state index is 0.578. The standard InChI is InChI=1S/C10H12N4O/c1-2-13-8-11-12-10(13)6-14-5-3-4-9(14)7-15/h3-5,7-8H,2,6H2,1H3. The highest BCUT2D eigenvalue weighted by Gasteiger charge is 2.05. The molecule has 0 fully saturated rings. The van der Waals surface area contributed by atoms with Crippen LogP contribution in [0, 0.1) is 0 Å². The Balaban J connectivity index is 2.25. The maximum atomic E-state index is 10.7. The predicted molar refractivity (Wildman–Crippen MR) is 54.6 cm³/mol. The van der Waals surface area contributed by atoms with Gasteiger partial charge in [0.2, 0.25) is 0 Å². The first-order chi connectivity index (χ1) is 7.35. The van der Waals surface area contributed by atoms with Gasteiger partial charge in [0.25, 0.3) is 0 Å². The maximum Gasteiger partial charge on any atom is 0.166 e. The van der Waals surface area contributed by atoms with E-state index in [4.69, 9.17) is 0 Å². The third kappa shape index (κ3) is 1.81. The summed E-state index contributed by atoms with van der Waals surface area (Å²) < 4.78 is 3.80. The largest absolute Gasteiger partial charge is 0.338 e. The van der Waals surface area contributed by atoms with Gasteiger partial charge in [-0.2, -0.15) is 0 Å². The van der Waals surface area contributed by atoms with Crippen molar-refractivity contribution in [3.8, 4) is 0 Å². The zero-order chi connectivity index (χ0) is 10.7. The van der Waals surface area contributed by atoms with Gasteiger partial charge in [0.05, 0.1) is 12.2 Å². The van der Waals surface area contributed by atoms with Crippen LogP contribution in [0.15, 0.2) is 24.7 Å². The van der Waals surface area contributed by atoms with Crippen LogP contribution in [-0.2, 0) is 13.1 Å². The van der Waals surface area contributed by atoms with E-state index in [-0.39, 0.29) is 0 Å². The Morgan fingerprint density at radius 3 is 3.07 bits per heavy atom. The third-order valence-corrected chi connectivity index (χ3v) is 2.33. The van der Waals surface area contributed by atoms with E-state index >= 15 is 0 Å². The topological polar surface area (TPSA) is 52.7 Å². The molecular weight excluding hydrogens is 192 g/mol. The zero-order valence-corrected chi connectivity index (χ0v) is 8.50. The Kier molecular flexibility index (Phi) is 2.62. The molecule has 0 amide bonds. The lowest BCUT2D eigenvalue weighted by molar-refractivity contribution is 0.111. The molecule has 0 saturated carbocycles. The average Bonchev–Trinajstić information content (AvgIpc) is 2.87. The van der Waals surface area contributed by atoms with Crippen molar-refractivity contribution in [1.82, 2.24) is 19.3 Å². The van der Waals surface area contributed by atoms with Gasteiger partial charge in [-0.1, -0.05) is 0 Å². The number of aryl methyl sites for hydroxylation is 1. The molecule has 0 aliphatic carbocycles. The number of aromatic nitrogens is 4. The second kappa shape index (κ2) is 4.08. The van der Waals surface area contributed by atoms with Crippen molar-refractivity contribution in [2.75, 3.05) is 0 Å². The van der Waals surface area contributed by atoms with Crippen LogP contribution in [0.5, 0.6) is 0 Å². The van der Waals surface area contributed by atoms with Crippen LogP contribution in [0.1, 0.15) is 23.2 Å². The van der Waals surface area contributed by atoms with E-state index < -0.39 is 0 Å². The SMILES string of the molecule is CCn1cnnc1Cn1cccc1C=O. The molecule has 15 heavy (non-hydrogen) atoms. The molecule has 0 saturated heterocycles. The highest BCUT2D eigenvalue weighted by Crippen LogP contribution is 2.04. The van der Waals surface area contributed by atoms with Gasteiger partial charge in [0, 0.05) is 12.7 Å². The maximum absolute atomic E-state index is 10.7. The van der Waals surface area contributed by atoms with Crippen molar-refractivity contribution >= 4 is 6.29 Å². The number of carbonyl (C=O) groups excluding carboxylic acids is 1. The minimum atomic E-state index is 0.578. The molecule has 0 spiro atoms. The second-order valence-electron chi connectivity index (χ2n) is 3.21. The Labute approximate surface area is 87.4 Å². The first-order valence-corrected chi connectivity index (χ1v) is 4.82. The molecule has 0 bridgehead atoms. The predicted octanol–water partition coefficient (Wildman–Crippen LogP) is 0.960. The minimum Gasteiger partial charge on any atom is -0.338 e. The van der Waals surface area contributed by atoms with Gasteiger partial charge in [-0.05, 0) is 19.1 Å². The molecule has 5 nitrogen and oxygen atoms in total. The van der Waals surface area contributed by atoms with E-state index in [2.05, 4.69) is 10.2 Å². The summed E-state index contributed by atoms with van der Waals surface area (Å²) in [4.78, 5) is 10.7. The summed E-state index contributed by atoms with van der Waals surface area (Å²) in [5.41, 5.74) is 0.653. The highest BCUT2D eigenvalue weighted by molar-refractivity contribution is 5.72. The summed E-state index contributed by atoms with van der Waals surface area (Å²) >= 11 is 0. The molecule has 0 aliphatic heterocycles. The number of hydrogen-bond donors (Lipinski definition) is 0. The van der Waals surface area contributed by atoms with Crippen LogP contribution < -0.4 is 0 Å². The van der Waals surface area contributed by atoms with E-state index in [1.165, 1.54) is 0 Å². The van der Waals surface area contributed by atoms with Gasteiger partial charge in [0.1, 0.15) is 6.33 Å². The summed E-state index contributed by atoms with van der Waals surface area (Å²) in [6.45, 7) is 3.44. The fourth-order valence-corrected chi connectivity index (χ4v) is 1.50. The van der Waals surface area contributed by atoms with Gasteiger partial charge in [-0.3, -0.25) is 4.79 Å². The van der Waals surface area contributed by atoms with Crippen molar-refractivity contribution in [3.05, 3.63) is 36.2 Å². The molecule has 5 heteroatoms. The smallest absolute Gasteiger partial charge is 0.166 e. The fraction of sp³-hybridized carbons (Fsp3) is 0.300. The van der Waals surface area contributed by atoms with Crippen molar-refractivity contribution in [2.24, 2.45) is 0 Å². The number of carbonyl (C=O) groups is 1. The summed E-state index contributed by atoms with van der Waals surface area (Å²) in [7, 11) is 0. The van der Waals surface area contributed by atoms with Gasteiger partial charge in [-0.15, -0.1) is 10.2 Å². The normalized spacial score (nSPS) is 10.5.